The van der Waals surface area contributed by atoms with E-state index in [0.29, 0.717) is 19.0 Å². The number of carbonyl (C=O) groups is 1. The fourth-order valence-electron chi connectivity index (χ4n) is 2.52. The zero-order chi connectivity index (χ0) is 15.7. The number of hydrogen-bond donors (Lipinski definition) is 0. The van der Waals surface area contributed by atoms with Crippen LogP contribution < -0.4 is 4.74 Å². The molecule has 1 aliphatic rings. The summed E-state index contributed by atoms with van der Waals surface area (Å²) in [4.78, 5) is 12.3. The maximum Gasteiger partial charge on any atom is 0.345 e. The molecule has 1 aromatic carbocycles. The highest BCUT2D eigenvalue weighted by Crippen LogP contribution is 2.35. The van der Waals surface area contributed by atoms with Crippen molar-refractivity contribution in [1.29, 1.82) is 0 Å². The van der Waals surface area contributed by atoms with Crippen molar-refractivity contribution >= 4 is 5.97 Å². The second-order valence-electron chi connectivity index (χ2n) is 5.33. The molecule has 0 fully saturated rings. The molecule has 0 amide bonds. The fraction of sp³-hybridized carbons (Fsp3) is 0.375. The monoisotopic (exact) mass is 304 g/mol. The van der Waals surface area contributed by atoms with Crippen LogP contribution in [0.15, 0.2) is 24.3 Å². The molecule has 22 heavy (non-hydrogen) atoms. The van der Waals surface area contributed by atoms with E-state index < -0.39 is 11.8 Å². The summed E-state index contributed by atoms with van der Waals surface area (Å²) in [6, 6.07) is 6.23. The maximum atomic E-state index is 14.1. The van der Waals surface area contributed by atoms with Crippen molar-refractivity contribution in [2.24, 2.45) is 5.92 Å². The summed E-state index contributed by atoms with van der Waals surface area (Å²) in [7, 11) is 0. The lowest BCUT2D eigenvalue weighted by Gasteiger charge is -2.21. The van der Waals surface area contributed by atoms with E-state index in [4.69, 9.17) is 9.47 Å². The number of halogens is 1. The molecule has 0 spiro atoms. The highest BCUT2D eigenvalue weighted by molar-refractivity contribution is 5.98. The molecule has 1 unspecified atom stereocenters. The molecule has 0 aliphatic carbocycles. The minimum atomic E-state index is -0.545. The lowest BCUT2D eigenvalue weighted by molar-refractivity contribution is 0.0518. The summed E-state index contributed by atoms with van der Waals surface area (Å²) in [5.74, 6) is -0.348. The summed E-state index contributed by atoms with van der Waals surface area (Å²) in [5, 5.41) is 4.39. The SMILES string of the molecule is CCOC(=O)c1c(-c2ccccc2F)nn2c1OCC(C)C2. The molecule has 6 heteroatoms. The third-order valence-corrected chi connectivity index (χ3v) is 3.50. The Morgan fingerprint density at radius 1 is 1.50 bits per heavy atom. The standard InChI is InChI=1S/C16H17FN2O3/c1-3-21-16(20)13-14(11-6-4-5-7-12(11)17)18-19-8-10(2)9-22-15(13)19/h4-7,10H,3,8-9H2,1-2H3. The molecule has 2 aromatic rings. The summed E-state index contributed by atoms with van der Waals surface area (Å²) in [6.45, 7) is 5.10. The van der Waals surface area contributed by atoms with Gasteiger partial charge in [-0.15, -0.1) is 0 Å². The first-order valence-corrected chi connectivity index (χ1v) is 7.27. The van der Waals surface area contributed by atoms with E-state index in [0.717, 1.165) is 0 Å². The van der Waals surface area contributed by atoms with Crippen molar-refractivity contribution in [3.63, 3.8) is 0 Å². The van der Waals surface area contributed by atoms with Crippen LogP contribution in [0.4, 0.5) is 4.39 Å². The van der Waals surface area contributed by atoms with Gasteiger partial charge in [-0.25, -0.2) is 13.9 Å². The molecule has 5 nitrogen and oxygen atoms in total. The number of benzene rings is 1. The third-order valence-electron chi connectivity index (χ3n) is 3.50. The number of hydrogen-bond acceptors (Lipinski definition) is 4. The Labute approximate surface area is 127 Å². The van der Waals surface area contributed by atoms with Crippen LogP contribution in [-0.2, 0) is 11.3 Å². The molecule has 116 valence electrons. The number of ether oxygens (including phenoxy) is 2. The highest BCUT2D eigenvalue weighted by atomic mass is 19.1. The Morgan fingerprint density at radius 3 is 3.00 bits per heavy atom. The van der Waals surface area contributed by atoms with Crippen LogP contribution in [0, 0.1) is 11.7 Å². The van der Waals surface area contributed by atoms with Crippen molar-refractivity contribution < 1.29 is 18.7 Å². The van der Waals surface area contributed by atoms with E-state index in [1.807, 2.05) is 6.92 Å². The minimum absolute atomic E-state index is 0.193. The minimum Gasteiger partial charge on any atom is -0.477 e. The number of aromatic nitrogens is 2. The van der Waals surface area contributed by atoms with Crippen LogP contribution in [0.3, 0.4) is 0 Å². The average molecular weight is 304 g/mol. The van der Waals surface area contributed by atoms with Gasteiger partial charge in [0, 0.05) is 11.5 Å². The summed E-state index contributed by atoms with van der Waals surface area (Å²) in [6.07, 6.45) is 0. The van der Waals surface area contributed by atoms with Gasteiger partial charge in [-0.2, -0.15) is 5.10 Å². The van der Waals surface area contributed by atoms with E-state index in [2.05, 4.69) is 5.10 Å². The second-order valence-corrected chi connectivity index (χ2v) is 5.33. The Hall–Kier alpha value is -2.37. The van der Waals surface area contributed by atoms with E-state index in [1.165, 1.54) is 6.07 Å². The average Bonchev–Trinajstić information content (AvgIpc) is 2.86. The van der Waals surface area contributed by atoms with Gasteiger partial charge < -0.3 is 9.47 Å². The molecule has 3 rings (SSSR count). The number of esters is 1. The number of carbonyl (C=O) groups excluding carboxylic acids is 1. The van der Waals surface area contributed by atoms with Gasteiger partial charge >= 0.3 is 5.97 Å². The first kappa shape index (κ1) is 14.6. The first-order chi connectivity index (χ1) is 10.6. The molecule has 1 aliphatic heterocycles. The van der Waals surface area contributed by atoms with Gasteiger partial charge in [0.25, 0.3) is 0 Å². The van der Waals surface area contributed by atoms with Gasteiger partial charge in [-0.05, 0) is 19.1 Å². The van der Waals surface area contributed by atoms with Crippen molar-refractivity contribution in [3.05, 3.63) is 35.6 Å². The summed E-state index contributed by atoms with van der Waals surface area (Å²) in [5.41, 5.74) is 0.725. The summed E-state index contributed by atoms with van der Waals surface area (Å²) >= 11 is 0. The number of nitrogens with zero attached hydrogens (tertiary/aromatic N) is 2. The highest BCUT2D eigenvalue weighted by Gasteiger charge is 2.31. The Balaban J connectivity index is 2.17. The smallest absolute Gasteiger partial charge is 0.345 e. The Bertz CT molecular complexity index is 711. The van der Waals surface area contributed by atoms with E-state index in [1.54, 1.807) is 29.8 Å². The lowest BCUT2D eigenvalue weighted by Crippen LogP contribution is -2.24. The van der Waals surface area contributed by atoms with Crippen LogP contribution in [0.5, 0.6) is 5.88 Å². The molecule has 2 heterocycles. The quantitative estimate of drug-likeness (QED) is 0.818. The van der Waals surface area contributed by atoms with Crippen LogP contribution >= 0.6 is 0 Å². The number of rotatable bonds is 3. The third kappa shape index (κ3) is 2.45. The predicted octanol–water partition coefficient (Wildman–Crippen LogP) is 2.89. The van der Waals surface area contributed by atoms with Crippen LogP contribution in [0.25, 0.3) is 11.3 Å². The topological polar surface area (TPSA) is 53.3 Å². The molecule has 0 radical (unpaired) electrons. The molecular formula is C16H17FN2O3. The van der Waals surface area contributed by atoms with Crippen LogP contribution in [0.1, 0.15) is 24.2 Å². The molecule has 1 aromatic heterocycles. The van der Waals surface area contributed by atoms with Gasteiger partial charge in [-0.1, -0.05) is 19.1 Å². The molecule has 0 saturated carbocycles. The molecular weight excluding hydrogens is 287 g/mol. The molecule has 1 atom stereocenters. The molecule has 0 N–H and O–H groups in total. The fourth-order valence-corrected chi connectivity index (χ4v) is 2.52. The van der Waals surface area contributed by atoms with E-state index in [9.17, 15) is 9.18 Å². The van der Waals surface area contributed by atoms with Crippen LogP contribution in [-0.4, -0.2) is 29.0 Å². The van der Waals surface area contributed by atoms with Crippen molar-refractivity contribution in [2.75, 3.05) is 13.2 Å². The molecule has 0 bridgehead atoms. The number of fused-ring (bicyclic) bond motifs is 1. The maximum absolute atomic E-state index is 14.1. The predicted molar refractivity (Wildman–Crippen MR) is 78.2 cm³/mol. The van der Waals surface area contributed by atoms with Gasteiger partial charge in [0.1, 0.15) is 17.1 Å². The van der Waals surface area contributed by atoms with Crippen molar-refractivity contribution in [2.45, 2.75) is 20.4 Å². The first-order valence-electron chi connectivity index (χ1n) is 7.27. The van der Waals surface area contributed by atoms with Crippen LogP contribution in [0.2, 0.25) is 0 Å². The van der Waals surface area contributed by atoms with Gasteiger partial charge in [0.15, 0.2) is 0 Å². The zero-order valence-electron chi connectivity index (χ0n) is 12.5. The Kier molecular flexibility index (Phi) is 3.83. The Morgan fingerprint density at radius 2 is 2.27 bits per heavy atom. The normalized spacial score (nSPS) is 16.8. The second kappa shape index (κ2) is 5.79. The van der Waals surface area contributed by atoms with Gasteiger partial charge in [0.2, 0.25) is 5.88 Å². The van der Waals surface area contributed by atoms with Gasteiger partial charge in [0.05, 0.1) is 19.8 Å². The van der Waals surface area contributed by atoms with E-state index in [-0.39, 0.29) is 29.3 Å². The van der Waals surface area contributed by atoms with Crippen molar-refractivity contribution in [3.8, 4) is 17.1 Å². The lowest BCUT2D eigenvalue weighted by atomic mass is 10.1. The van der Waals surface area contributed by atoms with Gasteiger partial charge in [-0.3, -0.25) is 0 Å². The largest absolute Gasteiger partial charge is 0.477 e. The zero-order valence-corrected chi connectivity index (χ0v) is 12.5. The summed E-state index contributed by atoms with van der Waals surface area (Å²) < 4.78 is 26.5. The van der Waals surface area contributed by atoms with Crippen molar-refractivity contribution in [1.82, 2.24) is 9.78 Å². The molecule has 0 saturated heterocycles. The van der Waals surface area contributed by atoms with E-state index >= 15 is 0 Å².